The monoisotopic (exact) mass is 296 g/mol. The van der Waals surface area contributed by atoms with Crippen LogP contribution in [0, 0.1) is 5.92 Å². The Morgan fingerprint density at radius 2 is 1.55 bits per heavy atom. The van der Waals surface area contributed by atoms with Gasteiger partial charge in [0.25, 0.3) is 0 Å². The summed E-state index contributed by atoms with van der Waals surface area (Å²) in [4.78, 5) is 24.1. The third-order valence-electron chi connectivity index (χ3n) is 4.02. The van der Waals surface area contributed by atoms with Gasteiger partial charge in [0.05, 0.1) is 7.11 Å². The van der Waals surface area contributed by atoms with Gasteiger partial charge < -0.3 is 9.47 Å². The summed E-state index contributed by atoms with van der Waals surface area (Å²) in [6, 6.07) is 19.0. The minimum absolute atomic E-state index is 0.243. The Labute approximate surface area is 128 Å². The van der Waals surface area contributed by atoms with Crippen molar-refractivity contribution in [3.63, 3.8) is 0 Å². The van der Waals surface area contributed by atoms with Crippen LogP contribution in [0.1, 0.15) is 17.5 Å². The maximum atomic E-state index is 12.2. The Morgan fingerprint density at radius 3 is 2.00 bits per heavy atom. The molecule has 0 bridgehead atoms. The minimum Gasteiger partial charge on any atom is -0.468 e. The Kier molecular flexibility index (Phi) is 3.67. The predicted octanol–water partition coefficient (Wildman–Crippen LogP) is 2.67. The van der Waals surface area contributed by atoms with E-state index in [2.05, 4.69) is 0 Å². The molecule has 1 aliphatic rings. The molecule has 1 saturated heterocycles. The third-order valence-corrected chi connectivity index (χ3v) is 4.02. The van der Waals surface area contributed by atoms with Gasteiger partial charge in [-0.1, -0.05) is 60.7 Å². The second kappa shape index (κ2) is 5.64. The normalized spacial score (nSPS) is 19.5. The second-order valence-corrected chi connectivity index (χ2v) is 5.26. The molecule has 2 aromatic rings. The first-order valence-electron chi connectivity index (χ1n) is 7.09. The van der Waals surface area contributed by atoms with E-state index in [0.29, 0.717) is 0 Å². The molecule has 1 aliphatic heterocycles. The number of benzene rings is 2. The Morgan fingerprint density at radius 1 is 1.05 bits per heavy atom. The van der Waals surface area contributed by atoms with E-state index in [1.165, 1.54) is 7.11 Å². The lowest BCUT2D eigenvalue weighted by atomic mass is 9.81. The standard InChI is InChI=1S/C18H16O4/c1-21-16(19)15-12-18(22-17(15)20,13-8-4-2-5-9-13)14-10-6-3-7-11-14/h2-11,15H,12H2,1H3. The number of hydrogen-bond donors (Lipinski definition) is 0. The number of rotatable bonds is 3. The molecule has 0 aromatic heterocycles. The van der Waals surface area contributed by atoms with Crippen molar-refractivity contribution < 1.29 is 19.1 Å². The van der Waals surface area contributed by atoms with Gasteiger partial charge in [0.1, 0.15) is 0 Å². The molecule has 0 saturated carbocycles. The van der Waals surface area contributed by atoms with Crippen LogP contribution in [0.25, 0.3) is 0 Å². The first-order chi connectivity index (χ1) is 10.7. The number of carbonyl (C=O) groups excluding carboxylic acids is 2. The zero-order chi connectivity index (χ0) is 15.6. The number of cyclic esters (lactones) is 1. The highest BCUT2D eigenvalue weighted by Crippen LogP contribution is 2.45. The summed E-state index contributed by atoms with van der Waals surface area (Å²) in [5.41, 5.74) is 0.750. The van der Waals surface area contributed by atoms with E-state index in [1.807, 2.05) is 60.7 Å². The molecule has 3 rings (SSSR count). The number of ether oxygens (including phenoxy) is 2. The van der Waals surface area contributed by atoms with Gasteiger partial charge >= 0.3 is 11.9 Å². The lowest BCUT2D eigenvalue weighted by Gasteiger charge is -2.28. The van der Waals surface area contributed by atoms with E-state index in [-0.39, 0.29) is 6.42 Å². The van der Waals surface area contributed by atoms with Crippen LogP contribution in [0.3, 0.4) is 0 Å². The Bertz CT molecular complexity index is 639. The first kappa shape index (κ1) is 14.3. The molecule has 4 nitrogen and oxygen atoms in total. The van der Waals surface area contributed by atoms with E-state index in [9.17, 15) is 9.59 Å². The maximum absolute atomic E-state index is 12.2. The van der Waals surface area contributed by atoms with Crippen molar-refractivity contribution in [1.29, 1.82) is 0 Å². The van der Waals surface area contributed by atoms with Crippen LogP contribution in [0.2, 0.25) is 0 Å². The lowest BCUT2D eigenvalue weighted by Crippen LogP contribution is -2.27. The average Bonchev–Trinajstić information content (AvgIpc) is 2.94. The Hall–Kier alpha value is -2.62. The minimum atomic E-state index is -0.946. The molecular formula is C18H16O4. The highest BCUT2D eigenvalue weighted by molar-refractivity contribution is 5.97. The van der Waals surface area contributed by atoms with Gasteiger partial charge in [0.2, 0.25) is 0 Å². The molecule has 0 N–H and O–H groups in total. The van der Waals surface area contributed by atoms with E-state index in [4.69, 9.17) is 9.47 Å². The number of esters is 2. The molecule has 0 spiro atoms. The van der Waals surface area contributed by atoms with Crippen LogP contribution >= 0.6 is 0 Å². The summed E-state index contributed by atoms with van der Waals surface area (Å²) in [7, 11) is 1.28. The molecule has 2 aromatic carbocycles. The molecular weight excluding hydrogens is 280 g/mol. The lowest BCUT2D eigenvalue weighted by molar-refractivity contribution is -0.156. The van der Waals surface area contributed by atoms with Gasteiger partial charge in [-0.15, -0.1) is 0 Å². The van der Waals surface area contributed by atoms with Crippen LogP contribution in [-0.4, -0.2) is 19.0 Å². The van der Waals surface area contributed by atoms with Crippen molar-refractivity contribution in [2.24, 2.45) is 5.92 Å². The van der Waals surface area contributed by atoms with Gasteiger partial charge in [0.15, 0.2) is 11.5 Å². The quantitative estimate of drug-likeness (QED) is 0.645. The van der Waals surface area contributed by atoms with E-state index in [1.54, 1.807) is 0 Å². The molecule has 22 heavy (non-hydrogen) atoms. The smallest absolute Gasteiger partial charge is 0.321 e. The first-order valence-corrected chi connectivity index (χ1v) is 7.09. The summed E-state index contributed by atoms with van der Waals surface area (Å²) in [6.07, 6.45) is 0.243. The fraction of sp³-hybridized carbons (Fsp3) is 0.222. The Balaban J connectivity index is 2.11. The third kappa shape index (κ3) is 2.26. The molecule has 1 atom stereocenters. The molecule has 112 valence electrons. The fourth-order valence-electron chi connectivity index (χ4n) is 2.91. The summed E-state index contributed by atoms with van der Waals surface area (Å²) < 4.78 is 10.4. The summed E-state index contributed by atoms with van der Waals surface area (Å²) in [5, 5.41) is 0. The van der Waals surface area contributed by atoms with Crippen LogP contribution in [-0.2, 0) is 24.7 Å². The van der Waals surface area contributed by atoms with Gasteiger partial charge in [-0.3, -0.25) is 9.59 Å². The molecule has 0 radical (unpaired) electrons. The zero-order valence-electron chi connectivity index (χ0n) is 12.2. The van der Waals surface area contributed by atoms with Gasteiger partial charge in [-0.2, -0.15) is 0 Å². The van der Waals surface area contributed by atoms with Crippen LogP contribution in [0.15, 0.2) is 60.7 Å². The number of hydrogen-bond acceptors (Lipinski definition) is 4. The number of carbonyl (C=O) groups is 2. The number of methoxy groups -OCH3 is 1. The molecule has 1 heterocycles. The van der Waals surface area contributed by atoms with Crippen molar-refractivity contribution in [2.75, 3.05) is 7.11 Å². The van der Waals surface area contributed by atoms with Crippen molar-refractivity contribution in [3.8, 4) is 0 Å². The highest BCUT2D eigenvalue weighted by Gasteiger charge is 2.52. The predicted molar refractivity (Wildman–Crippen MR) is 79.9 cm³/mol. The van der Waals surface area contributed by atoms with Gasteiger partial charge in [-0.25, -0.2) is 0 Å². The molecule has 0 amide bonds. The van der Waals surface area contributed by atoms with Crippen molar-refractivity contribution in [2.45, 2.75) is 12.0 Å². The summed E-state index contributed by atoms with van der Waals surface area (Å²) >= 11 is 0. The second-order valence-electron chi connectivity index (χ2n) is 5.26. The SMILES string of the molecule is COC(=O)C1CC(c2ccccc2)(c2ccccc2)OC1=O. The van der Waals surface area contributed by atoms with E-state index in [0.717, 1.165) is 11.1 Å². The molecule has 4 heteroatoms. The average molecular weight is 296 g/mol. The van der Waals surface area contributed by atoms with Crippen molar-refractivity contribution >= 4 is 11.9 Å². The largest absolute Gasteiger partial charge is 0.468 e. The van der Waals surface area contributed by atoms with Gasteiger partial charge in [-0.05, 0) is 0 Å². The van der Waals surface area contributed by atoms with Crippen LogP contribution in [0.4, 0.5) is 0 Å². The summed E-state index contributed by atoms with van der Waals surface area (Å²) in [6.45, 7) is 0. The van der Waals surface area contributed by atoms with Crippen molar-refractivity contribution in [3.05, 3.63) is 71.8 Å². The molecule has 1 fully saturated rings. The van der Waals surface area contributed by atoms with Crippen LogP contribution < -0.4 is 0 Å². The highest BCUT2D eigenvalue weighted by atomic mass is 16.6. The van der Waals surface area contributed by atoms with Crippen LogP contribution in [0.5, 0.6) is 0 Å². The van der Waals surface area contributed by atoms with E-state index >= 15 is 0 Å². The van der Waals surface area contributed by atoms with Crippen molar-refractivity contribution in [1.82, 2.24) is 0 Å². The van der Waals surface area contributed by atoms with Gasteiger partial charge in [0, 0.05) is 17.5 Å². The summed E-state index contributed by atoms with van der Waals surface area (Å²) in [5.74, 6) is -2.00. The topological polar surface area (TPSA) is 52.6 Å². The fourth-order valence-corrected chi connectivity index (χ4v) is 2.91. The maximum Gasteiger partial charge on any atom is 0.321 e. The molecule has 1 unspecified atom stereocenters. The molecule has 0 aliphatic carbocycles. The van der Waals surface area contributed by atoms with E-state index < -0.39 is 23.5 Å². The zero-order valence-corrected chi connectivity index (χ0v) is 12.2.